The molecule has 0 aliphatic rings. The van der Waals surface area contributed by atoms with Gasteiger partial charge in [-0.05, 0) is 19.1 Å². The molecule has 0 saturated carbocycles. The highest BCUT2D eigenvalue weighted by Crippen LogP contribution is 2.35. The number of nitrogens with zero attached hydrogens (tertiary/aromatic N) is 1. The Morgan fingerprint density at radius 1 is 1.32 bits per heavy atom. The van der Waals surface area contributed by atoms with Crippen molar-refractivity contribution < 1.29 is 17.9 Å². The molecule has 1 aromatic rings. The van der Waals surface area contributed by atoms with E-state index in [4.69, 9.17) is 4.74 Å². The third-order valence-electron chi connectivity index (χ3n) is 2.57. The molecule has 0 atom stereocenters. The van der Waals surface area contributed by atoms with E-state index in [9.17, 15) is 13.2 Å². The van der Waals surface area contributed by atoms with E-state index in [1.165, 1.54) is 18.2 Å². The van der Waals surface area contributed by atoms with E-state index in [0.29, 0.717) is 19.0 Å². The summed E-state index contributed by atoms with van der Waals surface area (Å²) < 4.78 is 43.6. The van der Waals surface area contributed by atoms with E-state index >= 15 is 0 Å². The smallest absolute Gasteiger partial charge is 0.419 e. The Labute approximate surface area is 128 Å². The summed E-state index contributed by atoms with van der Waals surface area (Å²) >= 11 is 0. The van der Waals surface area contributed by atoms with Crippen LogP contribution in [0.25, 0.3) is 0 Å². The van der Waals surface area contributed by atoms with Gasteiger partial charge in [-0.1, -0.05) is 18.2 Å². The predicted octanol–water partition coefficient (Wildman–Crippen LogP) is 2.83. The molecule has 0 aliphatic heterocycles. The van der Waals surface area contributed by atoms with Crippen molar-refractivity contribution in [2.75, 3.05) is 26.2 Å². The average Bonchev–Trinajstić information content (AvgIpc) is 2.48. The van der Waals surface area contributed by atoms with Gasteiger partial charge >= 0.3 is 6.18 Å². The Morgan fingerprint density at radius 3 is 2.68 bits per heavy atom. The first-order valence-corrected chi connectivity index (χ1v) is 6.91. The molecular weight excluding hydrogens is 295 g/mol. The van der Waals surface area contributed by atoms with Crippen LogP contribution in [0.3, 0.4) is 0 Å². The predicted molar refractivity (Wildman–Crippen MR) is 81.1 cm³/mol. The van der Waals surface area contributed by atoms with Crippen molar-refractivity contribution in [3.63, 3.8) is 0 Å². The monoisotopic (exact) mass is 315 g/mol. The average molecular weight is 315 g/mol. The van der Waals surface area contributed by atoms with Crippen LogP contribution in [0.4, 0.5) is 13.2 Å². The van der Waals surface area contributed by atoms with Gasteiger partial charge < -0.3 is 15.4 Å². The second kappa shape index (κ2) is 8.96. The largest absolute Gasteiger partial charge is 0.491 e. The van der Waals surface area contributed by atoms with Gasteiger partial charge in [-0.25, -0.2) is 4.99 Å². The summed E-state index contributed by atoms with van der Waals surface area (Å²) in [5, 5.41) is 6.00. The molecule has 22 heavy (non-hydrogen) atoms. The van der Waals surface area contributed by atoms with E-state index in [0.717, 1.165) is 6.07 Å². The van der Waals surface area contributed by atoms with Crippen LogP contribution in [0, 0.1) is 0 Å². The Hall–Kier alpha value is -2.18. The number of guanidine groups is 1. The zero-order valence-electron chi connectivity index (χ0n) is 12.4. The quantitative estimate of drug-likeness (QED) is 0.352. The number of ether oxygens (including phenoxy) is 1. The van der Waals surface area contributed by atoms with Crippen molar-refractivity contribution in [3.05, 3.63) is 42.5 Å². The van der Waals surface area contributed by atoms with Crippen LogP contribution in [-0.4, -0.2) is 32.2 Å². The number of para-hydroxylation sites is 1. The molecular formula is C15H20F3N3O. The summed E-state index contributed by atoms with van der Waals surface area (Å²) in [5.41, 5.74) is -0.782. The van der Waals surface area contributed by atoms with Crippen LogP contribution in [0.15, 0.2) is 41.9 Å². The number of alkyl halides is 3. The molecule has 0 heterocycles. The molecule has 0 fully saturated rings. The molecule has 0 aliphatic carbocycles. The third kappa shape index (κ3) is 6.07. The van der Waals surface area contributed by atoms with Gasteiger partial charge in [-0.2, -0.15) is 13.2 Å². The van der Waals surface area contributed by atoms with E-state index in [1.807, 2.05) is 6.92 Å². The summed E-state index contributed by atoms with van der Waals surface area (Å²) in [4.78, 5) is 4.20. The Morgan fingerprint density at radius 2 is 2.05 bits per heavy atom. The van der Waals surface area contributed by atoms with Crippen molar-refractivity contribution in [1.82, 2.24) is 10.6 Å². The number of aliphatic imine (C=N–C) groups is 1. The number of hydrogen-bond donors (Lipinski definition) is 2. The van der Waals surface area contributed by atoms with Gasteiger partial charge in [0.25, 0.3) is 0 Å². The van der Waals surface area contributed by atoms with E-state index in [1.54, 1.807) is 6.08 Å². The maximum atomic E-state index is 12.8. The SMILES string of the molecule is C=CCNC(=NCCOc1ccccc1C(F)(F)F)NCC. The molecule has 4 nitrogen and oxygen atoms in total. The maximum Gasteiger partial charge on any atom is 0.419 e. The number of rotatable bonds is 7. The minimum atomic E-state index is -4.43. The normalized spacial score (nSPS) is 11.9. The van der Waals surface area contributed by atoms with Crippen LogP contribution in [-0.2, 0) is 6.18 Å². The van der Waals surface area contributed by atoms with Crippen molar-refractivity contribution in [3.8, 4) is 5.75 Å². The lowest BCUT2D eigenvalue weighted by molar-refractivity contribution is -0.138. The molecule has 2 N–H and O–H groups in total. The first-order valence-electron chi connectivity index (χ1n) is 6.91. The van der Waals surface area contributed by atoms with Crippen LogP contribution in [0.5, 0.6) is 5.75 Å². The Balaban J connectivity index is 2.58. The summed E-state index contributed by atoms with van der Waals surface area (Å²) in [6.07, 6.45) is -2.75. The molecule has 122 valence electrons. The molecule has 0 unspecified atom stereocenters. The van der Waals surface area contributed by atoms with Crippen molar-refractivity contribution in [1.29, 1.82) is 0 Å². The lowest BCUT2D eigenvalue weighted by atomic mass is 10.2. The summed E-state index contributed by atoms with van der Waals surface area (Å²) in [7, 11) is 0. The molecule has 1 rings (SSSR count). The Bertz CT molecular complexity index is 501. The highest BCUT2D eigenvalue weighted by atomic mass is 19.4. The number of benzene rings is 1. The zero-order valence-corrected chi connectivity index (χ0v) is 12.4. The van der Waals surface area contributed by atoms with E-state index in [-0.39, 0.29) is 18.9 Å². The van der Waals surface area contributed by atoms with Crippen LogP contribution in [0.2, 0.25) is 0 Å². The molecule has 7 heteroatoms. The summed E-state index contributed by atoms with van der Waals surface area (Å²) in [5.74, 6) is 0.379. The maximum absolute atomic E-state index is 12.8. The van der Waals surface area contributed by atoms with Crippen LogP contribution in [0.1, 0.15) is 12.5 Å². The van der Waals surface area contributed by atoms with Gasteiger partial charge in [-0.15, -0.1) is 6.58 Å². The summed E-state index contributed by atoms with van der Waals surface area (Å²) in [6, 6.07) is 5.13. The Kier molecular flexibility index (Phi) is 7.28. The number of halogens is 3. The topological polar surface area (TPSA) is 45.7 Å². The molecule has 0 aromatic heterocycles. The van der Waals surface area contributed by atoms with Crippen molar-refractivity contribution >= 4 is 5.96 Å². The third-order valence-corrected chi connectivity index (χ3v) is 2.57. The fraction of sp³-hybridized carbons (Fsp3) is 0.400. The standard InChI is InChI=1S/C15H20F3N3O/c1-3-9-20-14(19-4-2)21-10-11-22-13-8-6-5-7-12(13)15(16,17)18/h3,5-8H,1,4,9-11H2,2H3,(H2,19,20,21). The second-order valence-corrected chi connectivity index (χ2v) is 4.27. The molecule has 0 amide bonds. The first kappa shape index (κ1) is 17.9. The molecule has 0 radical (unpaired) electrons. The second-order valence-electron chi connectivity index (χ2n) is 4.27. The van der Waals surface area contributed by atoms with E-state index < -0.39 is 11.7 Å². The number of hydrogen-bond acceptors (Lipinski definition) is 2. The highest BCUT2D eigenvalue weighted by Gasteiger charge is 2.33. The minimum absolute atomic E-state index is 0.0533. The fourth-order valence-corrected chi connectivity index (χ4v) is 1.65. The molecule has 0 saturated heterocycles. The number of nitrogens with one attached hydrogen (secondary N) is 2. The zero-order chi connectivity index (χ0) is 16.4. The van der Waals surface area contributed by atoms with Gasteiger partial charge in [0.2, 0.25) is 0 Å². The fourth-order valence-electron chi connectivity index (χ4n) is 1.65. The molecule has 0 bridgehead atoms. The first-order chi connectivity index (χ1) is 10.5. The molecule has 1 aromatic carbocycles. The lowest BCUT2D eigenvalue weighted by Gasteiger charge is -2.13. The van der Waals surface area contributed by atoms with Gasteiger partial charge in [0.15, 0.2) is 5.96 Å². The van der Waals surface area contributed by atoms with Crippen molar-refractivity contribution in [2.45, 2.75) is 13.1 Å². The van der Waals surface area contributed by atoms with E-state index in [2.05, 4.69) is 22.2 Å². The lowest BCUT2D eigenvalue weighted by Crippen LogP contribution is -2.37. The van der Waals surface area contributed by atoms with Gasteiger partial charge in [0.05, 0.1) is 12.1 Å². The minimum Gasteiger partial charge on any atom is -0.491 e. The van der Waals surface area contributed by atoms with Crippen LogP contribution >= 0.6 is 0 Å². The molecule has 0 spiro atoms. The summed E-state index contributed by atoms with van der Waals surface area (Å²) in [6.45, 7) is 7.02. The van der Waals surface area contributed by atoms with Gasteiger partial charge in [0, 0.05) is 13.1 Å². The van der Waals surface area contributed by atoms with Gasteiger partial charge in [-0.3, -0.25) is 0 Å². The van der Waals surface area contributed by atoms with Gasteiger partial charge in [0.1, 0.15) is 12.4 Å². The van der Waals surface area contributed by atoms with Crippen LogP contribution < -0.4 is 15.4 Å². The highest BCUT2D eigenvalue weighted by molar-refractivity contribution is 5.79. The van der Waals surface area contributed by atoms with Crippen molar-refractivity contribution in [2.24, 2.45) is 4.99 Å².